The highest BCUT2D eigenvalue weighted by Gasteiger charge is 2.08. The van der Waals surface area contributed by atoms with Gasteiger partial charge in [-0.1, -0.05) is 42.5 Å². The second kappa shape index (κ2) is 8.45. The lowest BCUT2D eigenvalue weighted by Crippen LogP contribution is -2.19. The van der Waals surface area contributed by atoms with Crippen molar-refractivity contribution in [3.8, 4) is 5.75 Å². The van der Waals surface area contributed by atoms with Crippen molar-refractivity contribution in [3.63, 3.8) is 0 Å². The molecule has 1 aromatic heterocycles. The number of hydrogen-bond donors (Lipinski definition) is 1. The van der Waals surface area contributed by atoms with Gasteiger partial charge in [0.25, 0.3) is 0 Å². The van der Waals surface area contributed by atoms with E-state index in [4.69, 9.17) is 4.74 Å². The van der Waals surface area contributed by atoms with Gasteiger partial charge in [0.1, 0.15) is 17.4 Å². The van der Waals surface area contributed by atoms with E-state index in [0.717, 1.165) is 35.3 Å². The SMILES string of the molecule is COc1ccccc1Nc1cc(C)nc(CN(C)Cc2ccccc2)n1. The van der Waals surface area contributed by atoms with E-state index < -0.39 is 0 Å². The van der Waals surface area contributed by atoms with Gasteiger partial charge in [0.2, 0.25) is 0 Å². The van der Waals surface area contributed by atoms with E-state index in [2.05, 4.69) is 51.5 Å². The summed E-state index contributed by atoms with van der Waals surface area (Å²) in [6, 6.07) is 20.1. The molecule has 1 heterocycles. The Hall–Kier alpha value is -2.92. The summed E-state index contributed by atoms with van der Waals surface area (Å²) >= 11 is 0. The maximum absolute atomic E-state index is 5.39. The fourth-order valence-electron chi connectivity index (χ4n) is 2.84. The summed E-state index contributed by atoms with van der Waals surface area (Å²) in [6.07, 6.45) is 0. The van der Waals surface area contributed by atoms with E-state index in [0.29, 0.717) is 6.54 Å². The first-order chi connectivity index (χ1) is 12.6. The Morgan fingerprint density at radius 2 is 1.69 bits per heavy atom. The summed E-state index contributed by atoms with van der Waals surface area (Å²) in [5.74, 6) is 2.34. The predicted molar refractivity (Wildman–Crippen MR) is 105 cm³/mol. The number of ether oxygens (including phenoxy) is 1. The minimum Gasteiger partial charge on any atom is -0.495 e. The number of aryl methyl sites for hydroxylation is 1. The van der Waals surface area contributed by atoms with E-state index in [1.54, 1.807) is 7.11 Å². The van der Waals surface area contributed by atoms with Gasteiger partial charge in [-0.25, -0.2) is 9.97 Å². The summed E-state index contributed by atoms with van der Waals surface area (Å²) < 4.78 is 5.39. The third kappa shape index (κ3) is 4.80. The molecule has 0 amide bonds. The number of nitrogens with zero attached hydrogens (tertiary/aromatic N) is 3. The van der Waals surface area contributed by atoms with Crippen molar-refractivity contribution in [1.29, 1.82) is 0 Å². The van der Waals surface area contributed by atoms with Gasteiger partial charge in [-0.3, -0.25) is 4.90 Å². The molecule has 0 saturated carbocycles. The zero-order valence-electron chi connectivity index (χ0n) is 15.4. The molecule has 2 aromatic carbocycles. The van der Waals surface area contributed by atoms with Crippen molar-refractivity contribution in [3.05, 3.63) is 77.7 Å². The quantitative estimate of drug-likeness (QED) is 0.694. The molecule has 3 rings (SSSR count). The number of methoxy groups -OCH3 is 1. The lowest BCUT2D eigenvalue weighted by molar-refractivity contribution is 0.310. The molecule has 5 heteroatoms. The van der Waals surface area contributed by atoms with Gasteiger partial charge >= 0.3 is 0 Å². The van der Waals surface area contributed by atoms with E-state index in [1.807, 2.05) is 43.3 Å². The number of nitrogens with one attached hydrogen (secondary N) is 1. The monoisotopic (exact) mass is 348 g/mol. The van der Waals surface area contributed by atoms with Gasteiger partial charge in [0, 0.05) is 18.3 Å². The predicted octanol–water partition coefficient (Wildman–Crippen LogP) is 4.17. The van der Waals surface area contributed by atoms with E-state index in [1.165, 1.54) is 5.56 Å². The molecule has 26 heavy (non-hydrogen) atoms. The van der Waals surface area contributed by atoms with Gasteiger partial charge < -0.3 is 10.1 Å². The van der Waals surface area contributed by atoms with Crippen molar-refractivity contribution in [2.24, 2.45) is 0 Å². The Balaban J connectivity index is 1.73. The number of hydrogen-bond acceptors (Lipinski definition) is 5. The number of aromatic nitrogens is 2. The molecule has 134 valence electrons. The lowest BCUT2D eigenvalue weighted by atomic mass is 10.2. The van der Waals surface area contributed by atoms with Gasteiger partial charge in [0.15, 0.2) is 0 Å². The molecule has 0 unspecified atom stereocenters. The van der Waals surface area contributed by atoms with Gasteiger partial charge in [-0.2, -0.15) is 0 Å². The summed E-state index contributed by atoms with van der Waals surface area (Å²) in [7, 11) is 3.74. The molecule has 0 saturated heterocycles. The van der Waals surface area contributed by atoms with Crippen LogP contribution in [0.5, 0.6) is 5.75 Å². The van der Waals surface area contributed by atoms with Crippen molar-refractivity contribution in [1.82, 2.24) is 14.9 Å². The lowest BCUT2D eigenvalue weighted by Gasteiger charge is -2.17. The Morgan fingerprint density at radius 3 is 2.46 bits per heavy atom. The van der Waals surface area contributed by atoms with Crippen LogP contribution in [0.1, 0.15) is 17.1 Å². The van der Waals surface area contributed by atoms with E-state index in [9.17, 15) is 0 Å². The third-order valence-corrected chi connectivity index (χ3v) is 3.98. The molecule has 0 aliphatic rings. The molecule has 1 N–H and O–H groups in total. The molecule has 0 radical (unpaired) electrons. The van der Waals surface area contributed by atoms with E-state index in [-0.39, 0.29) is 0 Å². The van der Waals surface area contributed by atoms with Gasteiger partial charge in [-0.15, -0.1) is 0 Å². The number of rotatable bonds is 7. The van der Waals surface area contributed by atoms with Gasteiger partial charge in [0.05, 0.1) is 19.3 Å². The maximum atomic E-state index is 5.39. The highest BCUT2D eigenvalue weighted by atomic mass is 16.5. The summed E-state index contributed by atoms with van der Waals surface area (Å²) in [5, 5.41) is 3.33. The number of para-hydroxylation sites is 2. The largest absolute Gasteiger partial charge is 0.495 e. The Bertz CT molecular complexity index is 852. The molecule has 0 aliphatic heterocycles. The molecule has 3 aromatic rings. The van der Waals surface area contributed by atoms with Gasteiger partial charge in [-0.05, 0) is 31.7 Å². The van der Waals surface area contributed by atoms with Crippen LogP contribution in [0.4, 0.5) is 11.5 Å². The Kier molecular flexibility index (Phi) is 5.81. The smallest absolute Gasteiger partial charge is 0.144 e. The van der Waals surface area contributed by atoms with Crippen molar-refractivity contribution < 1.29 is 4.74 Å². The van der Waals surface area contributed by atoms with Crippen molar-refractivity contribution >= 4 is 11.5 Å². The molecule has 0 atom stereocenters. The molecular formula is C21H24N4O. The fraction of sp³-hybridized carbons (Fsp3) is 0.238. The molecule has 0 aliphatic carbocycles. The summed E-state index contributed by atoms with van der Waals surface area (Å²) in [6.45, 7) is 3.51. The average molecular weight is 348 g/mol. The number of benzene rings is 2. The molecule has 5 nitrogen and oxygen atoms in total. The number of anilines is 2. The van der Waals surface area contributed by atoms with Crippen LogP contribution in [0, 0.1) is 6.92 Å². The van der Waals surface area contributed by atoms with Crippen molar-refractivity contribution in [2.45, 2.75) is 20.0 Å². The van der Waals surface area contributed by atoms with Crippen LogP contribution in [-0.4, -0.2) is 29.0 Å². The molecular weight excluding hydrogens is 324 g/mol. The minimum absolute atomic E-state index is 0.678. The van der Waals surface area contributed by atoms with Crippen LogP contribution in [0.3, 0.4) is 0 Å². The molecule has 0 fully saturated rings. The summed E-state index contributed by atoms with van der Waals surface area (Å²) in [5.41, 5.74) is 3.09. The zero-order valence-corrected chi connectivity index (χ0v) is 15.4. The normalized spacial score (nSPS) is 10.8. The minimum atomic E-state index is 0.678. The van der Waals surface area contributed by atoms with Crippen LogP contribution in [0.15, 0.2) is 60.7 Å². The van der Waals surface area contributed by atoms with Crippen LogP contribution >= 0.6 is 0 Å². The molecule has 0 spiro atoms. The molecule has 0 bridgehead atoms. The Morgan fingerprint density at radius 1 is 0.962 bits per heavy atom. The second-order valence-corrected chi connectivity index (χ2v) is 6.29. The zero-order chi connectivity index (χ0) is 18.4. The van der Waals surface area contributed by atoms with Crippen LogP contribution in [0.2, 0.25) is 0 Å². The van der Waals surface area contributed by atoms with Crippen LogP contribution in [0.25, 0.3) is 0 Å². The van der Waals surface area contributed by atoms with Crippen molar-refractivity contribution in [2.75, 3.05) is 19.5 Å². The van der Waals surface area contributed by atoms with Crippen LogP contribution in [-0.2, 0) is 13.1 Å². The topological polar surface area (TPSA) is 50.3 Å². The third-order valence-electron chi connectivity index (χ3n) is 3.98. The second-order valence-electron chi connectivity index (χ2n) is 6.29. The highest BCUT2D eigenvalue weighted by molar-refractivity contribution is 5.64. The standard InChI is InChI=1S/C21H24N4O/c1-16-13-20(23-18-11-7-8-12-19(18)26-3)24-21(22-16)15-25(2)14-17-9-5-4-6-10-17/h4-13H,14-15H2,1-3H3,(H,22,23,24). The maximum Gasteiger partial charge on any atom is 0.144 e. The van der Waals surface area contributed by atoms with E-state index >= 15 is 0 Å². The van der Waals surface area contributed by atoms with Crippen LogP contribution < -0.4 is 10.1 Å². The fourth-order valence-corrected chi connectivity index (χ4v) is 2.84. The first-order valence-electron chi connectivity index (χ1n) is 8.61. The highest BCUT2D eigenvalue weighted by Crippen LogP contribution is 2.26. The Labute approximate surface area is 154 Å². The average Bonchev–Trinajstić information content (AvgIpc) is 2.62. The summed E-state index contributed by atoms with van der Waals surface area (Å²) in [4.78, 5) is 11.4. The first kappa shape index (κ1) is 17.9. The first-order valence-corrected chi connectivity index (χ1v) is 8.61.